The van der Waals surface area contributed by atoms with Gasteiger partial charge in [0, 0.05) is 0 Å². The molecule has 2 rings (SSSR count). The largest absolute Gasteiger partial charge is 1.00 e. The van der Waals surface area contributed by atoms with Gasteiger partial charge in [-0.3, -0.25) is 8.97 Å². The molecule has 4 heteroatoms. The Morgan fingerprint density at radius 1 is 0.522 bits per heavy atom. The molecule has 2 nitrogen and oxygen atoms in total. The fourth-order valence-corrected chi connectivity index (χ4v) is 2.36. The molecule has 0 heterocycles. The van der Waals surface area contributed by atoms with Crippen LogP contribution in [0.1, 0.15) is 11.1 Å². The van der Waals surface area contributed by atoms with Crippen LogP contribution in [0, 0.1) is 0 Å². The summed E-state index contributed by atoms with van der Waals surface area (Å²) in [6.07, 6.45) is 0.995. The molecule has 0 fully saturated rings. The number of halogens is 2. The minimum absolute atomic E-state index is 0. The number of rotatable bonds is 4. The molecule has 0 amide bonds. The van der Waals surface area contributed by atoms with Crippen molar-refractivity contribution >= 4 is 11.4 Å². The topological polar surface area (TPSA) is 0 Å². The lowest BCUT2D eigenvalue weighted by atomic mass is 10.0. The molecule has 0 aliphatic rings. The number of nitrogens with zero attached hydrogens (tertiary/aromatic N) is 2. The first-order valence-electron chi connectivity index (χ1n) is 7.48. The van der Waals surface area contributed by atoms with Crippen LogP contribution in [0.3, 0.4) is 0 Å². The van der Waals surface area contributed by atoms with Crippen LogP contribution in [-0.4, -0.2) is 42.3 Å². The number of hydrogen-bond acceptors (Lipinski definition) is 0. The SMILES string of the molecule is C[N+](C)(C)c1ccc(Cc2ccc([N+](C)(C)C)cc2)cc1.[Cl-].[Cl-]. The van der Waals surface area contributed by atoms with E-state index in [9.17, 15) is 0 Å². The first kappa shape index (κ1) is 21.9. The molecule has 0 spiro atoms. The van der Waals surface area contributed by atoms with Gasteiger partial charge < -0.3 is 24.8 Å². The zero-order valence-corrected chi connectivity index (χ0v) is 16.5. The van der Waals surface area contributed by atoms with Crippen LogP contribution in [0.2, 0.25) is 0 Å². The lowest BCUT2D eigenvalue weighted by Gasteiger charge is -2.24. The molecule has 2 aromatic rings. The summed E-state index contributed by atoms with van der Waals surface area (Å²) in [5.74, 6) is 0. The van der Waals surface area contributed by atoms with Crippen molar-refractivity contribution in [1.82, 2.24) is 8.97 Å². The Bertz CT molecular complexity index is 536. The Morgan fingerprint density at radius 2 is 0.783 bits per heavy atom. The molecular weight excluding hydrogens is 327 g/mol. The highest BCUT2D eigenvalue weighted by atomic mass is 35.5. The highest BCUT2D eigenvalue weighted by Crippen LogP contribution is 2.21. The van der Waals surface area contributed by atoms with Crippen LogP contribution < -0.4 is 33.8 Å². The summed E-state index contributed by atoms with van der Waals surface area (Å²) >= 11 is 0. The van der Waals surface area contributed by atoms with E-state index in [1.807, 2.05) is 0 Å². The molecule has 23 heavy (non-hydrogen) atoms. The molecule has 0 saturated carbocycles. The Balaban J connectivity index is 0.00000242. The Labute approximate surface area is 153 Å². The number of benzene rings is 2. The van der Waals surface area contributed by atoms with E-state index in [1.165, 1.54) is 22.5 Å². The predicted octanol–water partition coefficient (Wildman–Crippen LogP) is -2.32. The summed E-state index contributed by atoms with van der Waals surface area (Å²) < 4.78 is 1.72. The summed E-state index contributed by atoms with van der Waals surface area (Å²) in [5, 5.41) is 0. The summed E-state index contributed by atoms with van der Waals surface area (Å²) in [7, 11) is 13.2. The van der Waals surface area contributed by atoms with Crippen LogP contribution in [-0.2, 0) is 6.42 Å². The number of quaternary nitrogens is 2. The zero-order valence-electron chi connectivity index (χ0n) is 15.0. The van der Waals surface area contributed by atoms with Gasteiger partial charge in [0.25, 0.3) is 0 Å². The molecule has 0 aliphatic heterocycles. The van der Waals surface area contributed by atoms with Gasteiger partial charge >= 0.3 is 0 Å². The van der Waals surface area contributed by atoms with E-state index in [2.05, 4.69) is 90.8 Å². The third-order valence-corrected chi connectivity index (χ3v) is 3.83. The summed E-state index contributed by atoms with van der Waals surface area (Å²) in [4.78, 5) is 0. The van der Waals surface area contributed by atoms with Gasteiger partial charge in [0.05, 0.1) is 42.3 Å². The van der Waals surface area contributed by atoms with E-state index in [0.29, 0.717) is 0 Å². The minimum atomic E-state index is 0. The van der Waals surface area contributed by atoms with Crippen molar-refractivity contribution < 1.29 is 24.8 Å². The molecule has 0 unspecified atom stereocenters. The van der Waals surface area contributed by atoms with E-state index >= 15 is 0 Å². The molecule has 0 atom stereocenters. The van der Waals surface area contributed by atoms with Crippen molar-refractivity contribution in [1.29, 1.82) is 0 Å². The van der Waals surface area contributed by atoms with E-state index in [1.54, 1.807) is 0 Å². The summed E-state index contributed by atoms with van der Waals surface area (Å²) in [6, 6.07) is 17.9. The van der Waals surface area contributed by atoms with Gasteiger partial charge in [0.15, 0.2) is 0 Å². The lowest BCUT2D eigenvalue weighted by molar-refractivity contribution is -0.001000. The van der Waals surface area contributed by atoms with Crippen molar-refractivity contribution in [3.63, 3.8) is 0 Å². The van der Waals surface area contributed by atoms with Gasteiger partial charge in [-0.2, -0.15) is 0 Å². The quantitative estimate of drug-likeness (QED) is 0.541. The van der Waals surface area contributed by atoms with Crippen LogP contribution in [0.5, 0.6) is 0 Å². The molecule has 0 N–H and O–H groups in total. The second-order valence-corrected chi connectivity index (χ2v) is 7.53. The second kappa shape index (κ2) is 8.16. The van der Waals surface area contributed by atoms with Crippen molar-refractivity contribution in [3.8, 4) is 0 Å². The van der Waals surface area contributed by atoms with Gasteiger partial charge in [-0.05, 0) is 41.8 Å². The van der Waals surface area contributed by atoms with Crippen LogP contribution in [0.4, 0.5) is 11.4 Å². The number of hydrogen-bond donors (Lipinski definition) is 0. The third-order valence-electron chi connectivity index (χ3n) is 3.83. The highest BCUT2D eigenvalue weighted by Gasteiger charge is 2.12. The predicted molar refractivity (Wildman–Crippen MR) is 94.8 cm³/mol. The molecular formula is C19H28Cl2N2. The molecule has 0 aromatic heterocycles. The van der Waals surface area contributed by atoms with Crippen LogP contribution in [0.25, 0.3) is 0 Å². The average Bonchev–Trinajstić information content (AvgIpc) is 2.38. The first-order chi connectivity index (χ1) is 9.66. The lowest BCUT2D eigenvalue weighted by Crippen LogP contribution is -3.00. The maximum atomic E-state index is 2.24. The van der Waals surface area contributed by atoms with Gasteiger partial charge in [-0.25, -0.2) is 0 Å². The van der Waals surface area contributed by atoms with E-state index in [-0.39, 0.29) is 24.8 Å². The van der Waals surface area contributed by atoms with Crippen molar-refractivity contribution in [2.24, 2.45) is 0 Å². The third kappa shape index (κ3) is 6.15. The smallest absolute Gasteiger partial charge is 0.132 e. The van der Waals surface area contributed by atoms with Crippen molar-refractivity contribution in [3.05, 3.63) is 59.7 Å². The maximum absolute atomic E-state index is 2.24. The fraction of sp³-hybridized carbons (Fsp3) is 0.368. The zero-order chi connectivity index (χ0) is 15.7. The Morgan fingerprint density at radius 3 is 1.00 bits per heavy atom. The van der Waals surface area contributed by atoms with Gasteiger partial charge in [-0.15, -0.1) is 0 Å². The van der Waals surface area contributed by atoms with Crippen LogP contribution in [0.15, 0.2) is 48.5 Å². The van der Waals surface area contributed by atoms with Gasteiger partial charge in [0.2, 0.25) is 0 Å². The fourth-order valence-electron chi connectivity index (χ4n) is 2.36. The molecule has 0 radical (unpaired) electrons. The molecule has 0 aliphatic carbocycles. The molecule has 2 aromatic carbocycles. The maximum Gasteiger partial charge on any atom is 0.132 e. The second-order valence-electron chi connectivity index (χ2n) is 7.53. The van der Waals surface area contributed by atoms with Gasteiger partial charge in [0.1, 0.15) is 11.4 Å². The van der Waals surface area contributed by atoms with Crippen molar-refractivity contribution in [2.75, 3.05) is 42.3 Å². The van der Waals surface area contributed by atoms with Crippen LogP contribution >= 0.6 is 0 Å². The van der Waals surface area contributed by atoms with Crippen molar-refractivity contribution in [2.45, 2.75) is 6.42 Å². The van der Waals surface area contributed by atoms with E-state index in [4.69, 9.17) is 0 Å². The highest BCUT2D eigenvalue weighted by molar-refractivity contribution is 5.46. The molecule has 0 bridgehead atoms. The summed E-state index contributed by atoms with van der Waals surface area (Å²) in [6.45, 7) is 0. The van der Waals surface area contributed by atoms with Gasteiger partial charge in [-0.1, -0.05) is 24.3 Å². The molecule has 0 saturated heterocycles. The minimum Gasteiger partial charge on any atom is -1.00 e. The van der Waals surface area contributed by atoms with E-state index in [0.717, 1.165) is 15.4 Å². The summed E-state index contributed by atoms with van der Waals surface area (Å²) in [5.41, 5.74) is 5.40. The standard InChI is InChI=1S/C19H28N2.2ClH/c1-20(2,3)18-11-7-16(8-12-18)15-17-9-13-19(14-10-17)21(4,5)6;;/h7-14H,15H2,1-6H3;2*1H/q+2;;/p-2. The molecule has 128 valence electrons. The Hall–Kier alpha value is -1.06. The normalized spacial score (nSPS) is 11.4. The average molecular weight is 355 g/mol. The first-order valence-corrected chi connectivity index (χ1v) is 7.48. The monoisotopic (exact) mass is 354 g/mol. The van der Waals surface area contributed by atoms with E-state index < -0.39 is 0 Å². The Kier molecular flexibility index (Phi) is 7.79.